The fourth-order valence-electron chi connectivity index (χ4n) is 2.74. The summed E-state index contributed by atoms with van der Waals surface area (Å²) in [4.78, 5) is 0. The summed E-state index contributed by atoms with van der Waals surface area (Å²) in [5, 5.41) is 3.80. The molecule has 0 spiro atoms. The van der Waals surface area contributed by atoms with Crippen LogP contribution in [0.3, 0.4) is 0 Å². The monoisotopic (exact) mass is 249 g/mol. The Hall–Kier alpha value is -0.470. The topological polar surface area (TPSA) is 12.0 Å². The van der Waals surface area contributed by atoms with E-state index in [-0.39, 0.29) is 0 Å². The molecule has 2 atom stereocenters. The molecule has 0 bridgehead atoms. The predicted octanol–water partition coefficient (Wildman–Crippen LogP) is 3.80. The molecule has 0 amide bonds. The van der Waals surface area contributed by atoms with E-state index in [2.05, 4.69) is 42.8 Å². The minimum atomic E-state index is 0.566. The number of thioether (sulfide) groups is 1. The first-order chi connectivity index (χ1) is 8.31. The molecule has 94 valence electrons. The highest BCUT2D eigenvalue weighted by Crippen LogP contribution is 2.28. The minimum Gasteiger partial charge on any atom is -0.307 e. The van der Waals surface area contributed by atoms with Crippen LogP contribution < -0.4 is 5.32 Å². The van der Waals surface area contributed by atoms with Crippen molar-refractivity contribution in [1.29, 1.82) is 0 Å². The first kappa shape index (κ1) is 13.0. The number of hydrogen-bond acceptors (Lipinski definition) is 2. The van der Waals surface area contributed by atoms with Crippen LogP contribution >= 0.6 is 11.8 Å². The summed E-state index contributed by atoms with van der Waals surface area (Å²) < 4.78 is 0. The van der Waals surface area contributed by atoms with E-state index in [4.69, 9.17) is 0 Å². The van der Waals surface area contributed by atoms with Gasteiger partial charge in [-0.3, -0.25) is 0 Å². The molecule has 0 saturated heterocycles. The molecule has 0 aliphatic heterocycles. The van der Waals surface area contributed by atoms with Crippen LogP contribution in [0.5, 0.6) is 0 Å². The summed E-state index contributed by atoms with van der Waals surface area (Å²) in [6, 6.07) is 10.1. The number of rotatable bonds is 4. The van der Waals surface area contributed by atoms with Gasteiger partial charge in [0.15, 0.2) is 0 Å². The van der Waals surface area contributed by atoms with Gasteiger partial charge in [0, 0.05) is 17.8 Å². The Kier molecular flexibility index (Phi) is 4.93. The van der Waals surface area contributed by atoms with Crippen LogP contribution in [0, 0.1) is 0 Å². The molecule has 2 heteroatoms. The largest absolute Gasteiger partial charge is 0.307 e. The first-order valence-electron chi connectivity index (χ1n) is 6.64. The van der Waals surface area contributed by atoms with E-state index in [9.17, 15) is 0 Å². The van der Waals surface area contributed by atoms with Crippen LogP contribution in [0.1, 0.15) is 43.4 Å². The standard InChI is InChI=1S/C15H23NS/c1-12(11-17-2)16-15-10-6-4-8-13-7-3-5-9-14(13)15/h3,5,7,9,12,15-16H,4,6,8,10-11H2,1-2H3. The van der Waals surface area contributed by atoms with Crippen molar-refractivity contribution in [2.75, 3.05) is 12.0 Å². The normalized spacial score (nSPS) is 21.6. The second-order valence-corrected chi connectivity index (χ2v) is 5.93. The highest BCUT2D eigenvalue weighted by molar-refractivity contribution is 7.98. The maximum atomic E-state index is 3.80. The van der Waals surface area contributed by atoms with Gasteiger partial charge in [0.05, 0.1) is 0 Å². The molecule has 1 aromatic rings. The number of aryl methyl sites for hydroxylation is 1. The van der Waals surface area contributed by atoms with Crippen LogP contribution in [0.4, 0.5) is 0 Å². The summed E-state index contributed by atoms with van der Waals surface area (Å²) >= 11 is 1.92. The summed E-state index contributed by atoms with van der Waals surface area (Å²) in [5.41, 5.74) is 3.09. The summed E-state index contributed by atoms with van der Waals surface area (Å²) in [6.07, 6.45) is 7.41. The third-order valence-electron chi connectivity index (χ3n) is 3.52. The highest BCUT2D eigenvalue weighted by atomic mass is 32.2. The van der Waals surface area contributed by atoms with Gasteiger partial charge in [0.1, 0.15) is 0 Å². The van der Waals surface area contributed by atoms with Crippen LogP contribution in [-0.2, 0) is 6.42 Å². The second-order valence-electron chi connectivity index (χ2n) is 5.02. The molecule has 1 aromatic carbocycles. The van der Waals surface area contributed by atoms with Gasteiger partial charge in [-0.2, -0.15) is 11.8 Å². The zero-order chi connectivity index (χ0) is 12.1. The van der Waals surface area contributed by atoms with Crippen molar-refractivity contribution in [3.63, 3.8) is 0 Å². The number of fused-ring (bicyclic) bond motifs is 1. The van der Waals surface area contributed by atoms with Crippen molar-refractivity contribution in [3.8, 4) is 0 Å². The molecule has 0 radical (unpaired) electrons. The summed E-state index contributed by atoms with van der Waals surface area (Å²) in [5.74, 6) is 1.19. The van der Waals surface area contributed by atoms with Gasteiger partial charge in [-0.15, -0.1) is 0 Å². The van der Waals surface area contributed by atoms with E-state index in [1.165, 1.54) is 37.0 Å². The maximum absolute atomic E-state index is 3.80. The third-order valence-corrected chi connectivity index (χ3v) is 4.36. The predicted molar refractivity (Wildman–Crippen MR) is 77.7 cm³/mol. The van der Waals surface area contributed by atoms with Gasteiger partial charge in [-0.05, 0) is 43.6 Å². The maximum Gasteiger partial charge on any atom is 0.0325 e. The van der Waals surface area contributed by atoms with Gasteiger partial charge in [0.2, 0.25) is 0 Å². The Balaban J connectivity index is 2.11. The Morgan fingerprint density at radius 3 is 3.00 bits per heavy atom. The van der Waals surface area contributed by atoms with Crippen LogP contribution in [0.15, 0.2) is 24.3 Å². The van der Waals surface area contributed by atoms with Crippen LogP contribution in [0.2, 0.25) is 0 Å². The lowest BCUT2D eigenvalue weighted by Gasteiger charge is -2.23. The molecule has 1 aliphatic rings. The molecular formula is C15H23NS. The zero-order valence-electron chi connectivity index (χ0n) is 10.9. The van der Waals surface area contributed by atoms with Crippen molar-refractivity contribution in [2.24, 2.45) is 0 Å². The van der Waals surface area contributed by atoms with E-state index in [1.54, 1.807) is 5.56 Å². The van der Waals surface area contributed by atoms with Gasteiger partial charge in [-0.25, -0.2) is 0 Å². The third kappa shape index (κ3) is 3.49. The summed E-state index contributed by atoms with van der Waals surface area (Å²) in [6.45, 7) is 2.30. The van der Waals surface area contributed by atoms with Crippen molar-refractivity contribution in [1.82, 2.24) is 5.32 Å². The van der Waals surface area contributed by atoms with Crippen molar-refractivity contribution in [2.45, 2.75) is 44.7 Å². The van der Waals surface area contributed by atoms with E-state index >= 15 is 0 Å². The quantitative estimate of drug-likeness (QED) is 0.815. The lowest BCUT2D eigenvalue weighted by molar-refractivity contribution is 0.450. The summed E-state index contributed by atoms with van der Waals surface area (Å²) in [7, 11) is 0. The second kappa shape index (κ2) is 6.46. The van der Waals surface area contributed by atoms with Gasteiger partial charge in [0.25, 0.3) is 0 Å². The SMILES string of the molecule is CSCC(C)NC1CCCCc2ccccc21. The lowest BCUT2D eigenvalue weighted by Crippen LogP contribution is -2.32. The van der Waals surface area contributed by atoms with E-state index in [0.717, 1.165) is 0 Å². The highest BCUT2D eigenvalue weighted by Gasteiger charge is 2.19. The zero-order valence-corrected chi connectivity index (χ0v) is 11.7. The van der Waals surface area contributed by atoms with E-state index < -0.39 is 0 Å². The molecule has 2 unspecified atom stereocenters. The Bertz CT molecular complexity index is 351. The van der Waals surface area contributed by atoms with Gasteiger partial charge >= 0.3 is 0 Å². The average molecular weight is 249 g/mol. The fourth-order valence-corrected chi connectivity index (χ4v) is 3.33. The molecule has 0 aromatic heterocycles. The molecular weight excluding hydrogens is 226 g/mol. The Morgan fingerprint density at radius 1 is 1.35 bits per heavy atom. The molecule has 1 aliphatic carbocycles. The molecule has 17 heavy (non-hydrogen) atoms. The molecule has 0 heterocycles. The molecule has 0 fully saturated rings. The van der Waals surface area contributed by atoms with Crippen LogP contribution in [0.25, 0.3) is 0 Å². The van der Waals surface area contributed by atoms with Crippen molar-refractivity contribution < 1.29 is 0 Å². The molecule has 1 N–H and O–H groups in total. The van der Waals surface area contributed by atoms with E-state index in [1.807, 2.05) is 11.8 Å². The minimum absolute atomic E-state index is 0.566. The van der Waals surface area contributed by atoms with Crippen molar-refractivity contribution in [3.05, 3.63) is 35.4 Å². The number of hydrogen-bond donors (Lipinski definition) is 1. The average Bonchev–Trinajstić information content (AvgIpc) is 2.53. The Labute approximate surface area is 109 Å². The molecule has 1 nitrogen and oxygen atoms in total. The van der Waals surface area contributed by atoms with Crippen molar-refractivity contribution >= 4 is 11.8 Å². The van der Waals surface area contributed by atoms with Gasteiger partial charge < -0.3 is 5.32 Å². The fraction of sp³-hybridized carbons (Fsp3) is 0.600. The lowest BCUT2D eigenvalue weighted by atomic mass is 9.98. The van der Waals surface area contributed by atoms with Crippen LogP contribution in [-0.4, -0.2) is 18.1 Å². The van der Waals surface area contributed by atoms with Gasteiger partial charge in [-0.1, -0.05) is 30.7 Å². The number of nitrogens with one attached hydrogen (secondary N) is 1. The smallest absolute Gasteiger partial charge is 0.0325 e. The van der Waals surface area contributed by atoms with E-state index in [0.29, 0.717) is 12.1 Å². The molecule has 2 rings (SSSR count). The number of benzene rings is 1. The first-order valence-corrected chi connectivity index (χ1v) is 8.03. The Morgan fingerprint density at radius 2 is 2.18 bits per heavy atom. The molecule has 0 saturated carbocycles.